The van der Waals surface area contributed by atoms with Crippen molar-refractivity contribution in [1.29, 1.82) is 0 Å². The van der Waals surface area contributed by atoms with Crippen LogP contribution < -0.4 is 4.90 Å². The van der Waals surface area contributed by atoms with E-state index in [0.29, 0.717) is 6.42 Å². The fourth-order valence-electron chi connectivity index (χ4n) is 2.94. The SMILES string of the molecule is Cn1cc(CC2(O)CCN(c3ccccc3)CC2)cn1. The molecular weight excluding hydrogens is 250 g/mol. The molecule has 0 atom stereocenters. The Hall–Kier alpha value is -1.81. The molecule has 0 amide bonds. The van der Waals surface area contributed by atoms with Crippen LogP contribution in [0.15, 0.2) is 42.7 Å². The smallest absolute Gasteiger partial charge is 0.0722 e. The largest absolute Gasteiger partial charge is 0.389 e. The highest BCUT2D eigenvalue weighted by Crippen LogP contribution is 2.28. The zero-order valence-electron chi connectivity index (χ0n) is 11.9. The third kappa shape index (κ3) is 2.85. The van der Waals surface area contributed by atoms with Gasteiger partial charge in [-0.2, -0.15) is 5.10 Å². The van der Waals surface area contributed by atoms with E-state index in [9.17, 15) is 5.11 Å². The molecule has 1 N–H and O–H groups in total. The van der Waals surface area contributed by atoms with Crippen LogP contribution in [0, 0.1) is 0 Å². The Balaban J connectivity index is 1.62. The van der Waals surface area contributed by atoms with Crippen molar-refractivity contribution in [1.82, 2.24) is 9.78 Å². The number of aryl methyl sites for hydroxylation is 1. The summed E-state index contributed by atoms with van der Waals surface area (Å²) in [4.78, 5) is 2.34. The van der Waals surface area contributed by atoms with Crippen molar-refractivity contribution in [3.05, 3.63) is 48.3 Å². The summed E-state index contributed by atoms with van der Waals surface area (Å²) in [5.74, 6) is 0. The van der Waals surface area contributed by atoms with Gasteiger partial charge in [-0.05, 0) is 30.5 Å². The van der Waals surface area contributed by atoms with Crippen LogP contribution in [0.4, 0.5) is 5.69 Å². The second kappa shape index (κ2) is 5.29. The predicted molar refractivity (Wildman–Crippen MR) is 79.8 cm³/mol. The topological polar surface area (TPSA) is 41.3 Å². The minimum Gasteiger partial charge on any atom is -0.389 e. The first-order chi connectivity index (χ1) is 9.65. The lowest BCUT2D eigenvalue weighted by molar-refractivity contribution is 0.0165. The molecule has 1 aliphatic heterocycles. The van der Waals surface area contributed by atoms with E-state index in [0.717, 1.165) is 31.5 Å². The summed E-state index contributed by atoms with van der Waals surface area (Å²) in [6.45, 7) is 1.81. The van der Waals surface area contributed by atoms with Gasteiger partial charge >= 0.3 is 0 Å². The number of aromatic nitrogens is 2. The molecule has 0 saturated carbocycles. The van der Waals surface area contributed by atoms with Crippen LogP contribution in [0.5, 0.6) is 0 Å². The summed E-state index contributed by atoms with van der Waals surface area (Å²) < 4.78 is 1.79. The third-order valence-electron chi connectivity index (χ3n) is 4.11. The number of rotatable bonds is 3. The summed E-state index contributed by atoms with van der Waals surface area (Å²) in [7, 11) is 1.91. The number of para-hydroxylation sites is 1. The molecule has 1 aromatic carbocycles. The molecule has 1 fully saturated rings. The van der Waals surface area contributed by atoms with Gasteiger partial charge in [0.25, 0.3) is 0 Å². The number of benzene rings is 1. The van der Waals surface area contributed by atoms with Crippen LogP contribution in [0.2, 0.25) is 0 Å². The summed E-state index contributed by atoms with van der Waals surface area (Å²) in [6.07, 6.45) is 6.14. The molecule has 2 aromatic rings. The predicted octanol–water partition coefficient (Wildman–Crippen LogP) is 1.99. The van der Waals surface area contributed by atoms with E-state index in [1.807, 2.05) is 25.5 Å². The number of anilines is 1. The zero-order chi connectivity index (χ0) is 14.0. The van der Waals surface area contributed by atoms with E-state index >= 15 is 0 Å². The Bertz CT molecular complexity index is 556. The molecule has 1 saturated heterocycles. The van der Waals surface area contributed by atoms with E-state index in [1.165, 1.54) is 5.69 Å². The van der Waals surface area contributed by atoms with Gasteiger partial charge in [0.15, 0.2) is 0 Å². The molecule has 2 heterocycles. The minimum absolute atomic E-state index is 0.589. The van der Waals surface area contributed by atoms with Crippen molar-refractivity contribution in [2.24, 2.45) is 7.05 Å². The molecule has 20 heavy (non-hydrogen) atoms. The van der Waals surface area contributed by atoms with Gasteiger partial charge in [-0.25, -0.2) is 0 Å². The highest BCUT2D eigenvalue weighted by atomic mass is 16.3. The Morgan fingerprint density at radius 1 is 1.20 bits per heavy atom. The average Bonchev–Trinajstić information content (AvgIpc) is 2.85. The molecule has 0 spiro atoms. The number of hydrogen-bond donors (Lipinski definition) is 1. The Kier molecular flexibility index (Phi) is 3.49. The molecule has 1 aromatic heterocycles. The van der Waals surface area contributed by atoms with E-state index in [1.54, 1.807) is 4.68 Å². The van der Waals surface area contributed by atoms with Crippen molar-refractivity contribution < 1.29 is 5.11 Å². The van der Waals surface area contributed by atoms with E-state index in [-0.39, 0.29) is 0 Å². The van der Waals surface area contributed by atoms with Crippen LogP contribution in [0.1, 0.15) is 18.4 Å². The number of piperidine rings is 1. The second-order valence-corrected chi connectivity index (χ2v) is 5.75. The maximum Gasteiger partial charge on any atom is 0.0722 e. The van der Waals surface area contributed by atoms with Crippen LogP contribution in [0.25, 0.3) is 0 Å². The maximum atomic E-state index is 10.7. The van der Waals surface area contributed by atoms with Gasteiger partial charge in [0.2, 0.25) is 0 Å². The summed E-state index contributed by atoms with van der Waals surface area (Å²) in [5.41, 5.74) is 1.77. The van der Waals surface area contributed by atoms with Crippen molar-refractivity contribution in [2.45, 2.75) is 24.9 Å². The van der Waals surface area contributed by atoms with Crippen LogP contribution >= 0.6 is 0 Å². The number of aliphatic hydroxyl groups is 1. The van der Waals surface area contributed by atoms with Crippen molar-refractivity contribution >= 4 is 5.69 Å². The summed E-state index contributed by atoms with van der Waals surface area (Å²) in [5, 5.41) is 14.9. The monoisotopic (exact) mass is 271 g/mol. The standard InChI is InChI=1S/C16H21N3O/c1-18-13-14(12-17-18)11-16(20)7-9-19(10-8-16)15-5-3-2-4-6-15/h2-6,12-13,20H,7-11H2,1H3. The van der Waals surface area contributed by atoms with E-state index in [4.69, 9.17) is 0 Å². The van der Waals surface area contributed by atoms with Crippen LogP contribution in [-0.2, 0) is 13.5 Å². The first-order valence-electron chi connectivity index (χ1n) is 7.15. The lowest BCUT2D eigenvalue weighted by Crippen LogP contribution is -2.45. The molecule has 4 nitrogen and oxygen atoms in total. The summed E-state index contributed by atoms with van der Waals surface area (Å²) in [6, 6.07) is 10.4. The lowest BCUT2D eigenvalue weighted by atomic mass is 9.86. The van der Waals surface area contributed by atoms with Gasteiger partial charge in [0.05, 0.1) is 11.8 Å². The molecule has 1 aliphatic rings. The lowest BCUT2D eigenvalue weighted by Gasteiger charge is -2.39. The van der Waals surface area contributed by atoms with Crippen molar-refractivity contribution in [3.63, 3.8) is 0 Å². The Morgan fingerprint density at radius 3 is 2.50 bits per heavy atom. The minimum atomic E-state index is -0.589. The van der Waals surface area contributed by atoms with Gasteiger partial charge in [0.1, 0.15) is 0 Å². The normalized spacial score (nSPS) is 18.2. The van der Waals surface area contributed by atoms with Crippen molar-refractivity contribution in [2.75, 3.05) is 18.0 Å². The molecule has 3 rings (SSSR count). The molecule has 0 bridgehead atoms. The number of nitrogens with zero attached hydrogens (tertiary/aromatic N) is 3. The molecule has 0 aliphatic carbocycles. The molecule has 106 valence electrons. The Labute approximate surface area is 119 Å². The maximum absolute atomic E-state index is 10.7. The van der Waals surface area contributed by atoms with Gasteiger partial charge < -0.3 is 10.0 Å². The van der Waals surface area contributed by atoms with Crippen molar-refractivity contribution in [3.8, 4) is 0 Å². The van der Waals surface area contributed by atoms with Gasteiger partial charge in [-0.1, -0.05) is 18.2 Å². The first-order valence-corrected chi connectivity index (χ1v) is 7.15. The first kappa shape index (κ1) is 13.2. The van der Waals surface area contributed by atoms with Crippen LogP contribution in [0.3, 0.4) is 0 Å². The molecular formula is C16H21N3O. The highest BCUT2D eigenvalue weighted by Gasteiger charge is 2.32. The molecule has 4 heteroatoms. The highest BCUT2D eigenvalue weighted by molar-refractivity contribution is 5.46. The van der Waals surface area contributed by atoms with E-state index < -0.39 is 5.60 Å². The van der Waals surface area contributed by atoms with Gasteiger partial charge in [-0.3, -0.25) is 4.68 Å². The van der Waals surface area contributed by atoms with Gasteiger partial charge in [-0.15, -0.1) is 0 Å². The fraction of sp³-hybridized carbons (Fsp3) is 0.438. The average molecular weight is 271 g/mol. The van der Waals surface area contributed by atoms with Gasteiger partial charge in [0, 0.05) is 38.4 Å². The zero-order valence-corrected chi connectivity index (χ0v) is 11.9. The second-order valence-electron chi connectivity index (χ2n) is 5.75. The third-order valence-corrected chi connectivity index (χ3v) is 4.11. The Morgan fingerprint density at radius 2 is 1.90 bits per heavy atom. The van der Waals surface area contributed by atoms with Crippen LogP contribution in [-0.4, -0.2) is 33.6 Å². The quantitative estimate of drug-likeness (QED) is 0.928. The van der Waals surface area contributed by atoms with E-state index in [2.05, 4.69) is 34.3 Å². The number of hydrogen-bond acceptors (Lipinski definition) is 3. The fourth-order valence-corrected chi connectivity index (χ4v) is 2.94. The molecule has 0 unspecified atom stereocenters. The molecule has 0 radical (unpaired) electrons. The summed E-state index contributed by atoms with van der Waals surface area (Å²) >= 11 is 0.